The van der Waals surface area contributed by atoms with Crippen molar-refractivity contribution in [1.29, 1.82) is 0 Å². The number of hydrogen-bond acceptors (Lipinski definition) is 5. The second-order valence-corrected chi connectivity index (χ2v) is 8.34. The average molecular weight is 436 g/mol. The molecule has 0 bridgehead atoms. The molecule has 1 fully saturated rings. The Hall–Kier alpha value is -3.42. The summed E-state index contributed by atoms with van der Waals surface area (Å²) >= 11 is 0. The number of ether oxygens (including phenoxy) is 1. The van der Waals surface area contributed by atoms with Gasteiger partial charge in [-0.15, -0.1) is 5.10 Å². The number of rotatable bonds is 7. The lowest BCUT2D eigenvalue weighted by Gasteiger charge is -2.24. The van der Waals surface area contributed by atoms with Gasteiger partial charge in [-0.25, -0.2) is 9.67 Å². The SMILES string of the molecule is Cc1cc(C)c2c(OCC(=O)NC(Cc3ccccc3)C(=O)N3CCCC3)nn(C)c2n1. The molecular formula is C24H29N5O3. The predicted molar refractivity (Wildman–Crippen MR) is 121 cm³/mol. The Balaban J connectivity index is 1.46. The lowest BCUT2D eigenvalue weighted by molar-refractivity contribution is -0.136. The highest BCUT2D eigenvalue weighted by Crippen LogP contribution is 2.27. The topological polar surface area (TPSA) is 89.4 Å². The molecule has 8 heteroatoms. The summed E-state index contributed by atoms with van der Waals surface area (Å²) in [5, 5.41) is 8.06. The lowest BCUT2D eigenvalue weighted by Crippen LogP contribution is -2.50. The summed E-state index contributed by atoms with van der Waals surface area (Å²) in [6.07, 6.45) is 2.44. The van der Waals surface area contributed by atoms with E-state index in [0.717, 1.165) is 48.1 Å². The van der Waals surface area contributed by atoms with Crippen molar-refractivity contribution in [1.82, 2.24) is 25.0 Å². The second-order valence-electron chi connectivity index (χ2n) is 8.34. The van der Waals surface area contributed by atoms with Crippen LogP contribution < -0.4 is 10.1 Å². The molecule has 2 amide bonds. The molecule has 8 nitrogen and oxygen atoms in total. The first-order valence-electron chi connectivity index (χ1n) is 11.0. The van der Waals surface area contributed by atoms with Crippen LogP contribution in [0.3, 0.4) is 0 Å². The Labute approximate surface area is 187 Å². The van der Waals surface area contributed by atoms with Crippen LogP contribution in [0, 0.1) is 13.8 Å². The molecule has 4 rings (SSSR count). The van der Waals surface area contributed by atoms with Crippen molar-refractivity contribution in [3.63, 3.8) is 0 Å². The van der Waals surface area contributed by atoms with Gasteiger partial charge in [0.15, 0.2) is 12.3 Å². The zero-order valence-corrected chi connectivity index (χ0v) is 18.8. The fourth-order valence-electron chi connectivity index (χ4n) is 4.23. The largest absolute Gasteiger partial charge is 0.466 e. The van der Waals surface area contributed by atoms with Crippen LogP contribution in [0.15, 0.2) is 36.4 Å². The quantitative estimate of drug-likeness (QED) is 0.615. The normalized spacial score (nSPS) is 14.5. The molecule has 168 valence electrons. The molecule has 1 N–H and O–H groups in total. The standard InChI is InChI=1S/C24H29N5O3/c1-16-13-17(2)25-22-21(16)23(27-28(22)3)32-15-20(30)26-19(14-18-9-5-4-6-10-18)24(31)29-11-7-8-12-29/h4-6,9-10,13,19H,7-8,11-12,14-15H2,1-3H3,(H,26,30). The second kappa shape index (κ2) is 9.38. The van der Waals surface area contributed by atoms with Crippen LogP contribution in [0.4, 0.5) is 0 Å². The maximum absolute atomic E-state index is 13.1. The molecule has 32 heavy (non-hydrogen) atoms. The third kappa shape index (κ3) is 4.74. The molecule has 1 aliphatic heterocycles. The Morgan fingerprint density at radius 1 is 1.16 bits per heavy atom. The van der Waals surface area contributed by atoms with E-state index in [1.54, 1.807) is 11.7 Å². The maximum Gasteiger partial charge on any atom is 0.258 e. The van der Waals surface area contributed by atoms with Gasteiger partial charge >= 0.3 is 0 Å². The molecule has 1 atom stereocenters. The van der Waals surface area contributed by atoms with E-state index in [1.807, 2.05) is 55.1 Å². The molecule has 3 heterocycles. The first-order valence-corrected chi connectivity index (χ1v) is 11.0. The molecule has 0 saturated carbocycles. The summed E-state index contributed by atoms with van der Waals surface area (Å²) in [6, 6.07) is 11.1. The Morgan fingerprint density at radius 2 is 1.88 bits per heavy atom. The maximum atomic E-state index is 13.1. The van der Waals surface area contributed by atoms with E-state index < -0.39 is 6.04 Å². The summed E-state index contributed by atoms with van der Waals surface area (Å²) in [6.45, 7) is 5.15. The molecule has 1 aliphatic rings. The minimum absolute atomic E-state index is 0.0430. The highest BCUT2D eigenvalue weighted by Gasteiger charge is 2.28. The van der Waals surface area contributed by atoms with Crippen LogP contribution in [0.2, 0.25) is 0 Å². The zero-order valence-electron chi connectivity index (χ0n) is 18.8. The average Bonchev–Trinajstić information content (AvgIpc) is 3.41. The molecule has 2 aromatic heterocycles. The van der Waals surface area contributed by atoms with Crippen molar-refractivity contribution >= 4 is 22.8 Å². The summed E-state index contributed by atoms with van der Waals surface area (Å²) in [4.78, 5) is 32.2. The summed E-state index contributed by atoms with van der Waals surface area (Å²) in [5.41, 5.74) is 3.59. The molecule has 3 aromatic rings. The van der Waals surface area contributed by atoms with Gasteiger partial charge in [0.2, 0.25) is 11.8 Å². The fraction of sp³-hybridized carbons (Fsp3) is 0.417. The Bertz CT molecular complexity index is 1120. The van der Waals surface area contributed by atoms with Gasteiger partial charge < -0.3 is 15.0 Å². The number of aromatic nitrogens is 3. The Kier molecular flexibility index (Phi) is 6.39. The highest BCUT2D eigenvalue weighted by molar-refractivity contribution is 5.89. The monoisotopic (exact) mass is 435 g/mol. The van der Waals surface area contributed by atoms with Crippen LogP contribution in [0.25, 0.3) is 11.0 Å². The van der Waals surface area contributed by atoms with Crippen LogP contribution in [0.1, 0.15) is 29.7 Å². The van der Waals surface area contributed by atoms with Crippen molar-refractivity contribution in [2.24, 2.45) is 7.05 Å². The van der Waals surface area contributed by atoms with Gasteiger partial charge in [-0.3, -0.25) is 9.59 Å². The number of fused-ring (bicyclic) bond motifs is 1. The number of benzene rings is 1. The number of hydrogen-bond donors (Lipinski definition) is 1. The van der Waals surface area contributed by atoms with Crippen molar-refractivity contribution in [3.8, 4) is 5.88 Å². The van der Waals surface area contributed by atoms with Gasteiger partial charge in [0.05, 0.1) is 5.39 Å². The summed E-state index contributed by atoms with van der Waals surface area (Å²) in [5.74, 6) is -0.0263. The number of aryl methyl sites for hydroxylation is 3. The number of amides is 2. The van der Waals surface area contributed by atoms with E-state index in [1.165, 1.54) is 0 Å². The van der Waals surface area contributed by atoms with Gasteiger partial charge in [-0.1, -0.05) is 30.3 Å². The van der Waals surface area contributed by atoms with E-state index in [2.05, 4.69) is 15.4 Å². The predicted octanol–water partition coefficient (Wildman–Crippen LogP) is 2.31. The first kappa shape index (κ1) is 21.8. The molecule has 0 radical (unpaired) electrons. The van der Waals surface area contributed by atoms with E-state index in [9.17, 15) is 9.59 Å². The summed E-state index contributed by atoms with van der Waals surface area (Å²) in [7, 11) is 1.80. The third-order valence-electron chi connectivity index (χ3n) is 5.76. The van der Waals surface area contributed by atoms with Crippen LogP contribution >= 0.6 is 0 Å². The number of nitrogens with one attached hydrogen (secondary N) is 1. The van der Waals surface area contributed by atoms with Crippen LogP contribution in [-0.4, -0.2) is 57.2 Å². The van der Waals surface area contributed by atoms with E-state index in [-0.39, 0.29) is 18.4 Å². The van der Waals surface area contributed by atoms with Crippen molar-refractivity contribution in [2.45, 2.75) is 39.2 Å². The first-order chi connectivity index (χ1) is 15.4. The minimum atomic E-state index is -0.627. The number of pyridine rings is 1. The Morgan fingerprint density at radius 3 is 2.59 bits per heavy atom. The number of likely N-dealkylation sites (tertiary alicyclic amines) is 1. The van der Waals surface area contributed by atoms with Crippen molar-refractivity contribution in [3.05, 3.63) is 53.2 Å². The number of carbonyl (C=O) groups is 2. The zero-order chi connectivity index (χ0) is 22.7. The molecule has 1 saturated heterocycles. The van der Waals surface area contributed by atoms with E-state index in [0.29, 0.717) is 17.9 Å². The third-order valence-corrected chi connectivity index (χ3v) is 5.76. The molecular weight excluding hydrogens is 406 g/mol. The van der Waals surface area contributed by atoms with Crippen LogP contribution in [-0.2, 0) is 23.1 Å². The fourth-order valence-corrected chi connectivity index (χ4v) is 4.23. The van der Waals surface area contributed by atoms with Gasteiger partial charge in [0, 0.05) is 32.3 Å². The number of nitrogens with zero attached hydrogens (tertiary/aromatic N) is 4. The van der Waals surface area contributed by atoms with Crippen LogP contribution in [0.5, 0.6) is 5.88 Å². The van der Waals surface area contributed by atoms with E-state index in [4.69, 9.17) is 4.74 Å². The lowest BCUT2D eigenvalue weighted by atomic mass is 10.0. The molecule has 1 unspecified atom stereocenters. The van der Waals surface area contributed by atoms with Crippen molar-refractivity contribution in [2.75, 3.05) is 19.7 Å². The summed E-state index contributed by atoms with van der Waals surface area (Å²) < 4.78 is 7.42. The molecule has 0 aliphatic carbocycles. The smallest absolute Gasteiger partial charge is 0.258 e. The highest BCUT2D eigenvalue weighted by atomic mass is 16.5. The molecule has 0 spiro atoms. The van der Waals surface area contributed by atoms with Gasteiger partial charge in [0.1, 0.15) is 6.04 Å². The van der Waals surface area contributed by atoms with E-state index >= 15 is 0 Å². The number of carbonyl (C=O) groups excluding carboxylic acids is 2. The van der Waals surface area contributed by atoms with Gasteiger partial charge in [-0.2, -0.15) is 0 Å². The van der Waals surface area contributed by atoms with Gasteiger partial charge in [0.25, 0.3) is 5.91 Å². The van der Waals surface area contributed by atoms with Gasteiger partial charge in [-0.05, 0) is 43.9 Å². The molecule has 1 aromatic carbocycles. The minimum Gasteiger partial charge on any atom is -0.466 e. The van der Waals surface area contributed by atoms with Crippen molar-refractivity contribution < 1.29 is 14.3 Å².